The lowest BCUT2D eigenvalue weighted by Crippen LogP contribution is -2.50. The standard InChI is InChI=1S/C17H25NO3/c1-16(2,3)21-15(19)18-14(12-20-17(18,4)5)13-10-8-6-7-9-11-13/h6-8,10-11,14H,9,12H2,1-5H3. The molecule has 1 amide bonds. The fourth-order valence-electron chi connectivity index (χ4n) is 2.55. The van der Waals surface area contributed by atoms with Crippen LogP contribution in [0.15, 0.2) is 36.0 Å². The maximum atomic E-state index is 12.6. The molecule has 0 aromatic carbocycles. The number of rotatable bonds is 1. The third-order valence-electron chi connectivity index (χ3n) is 3.49. The van der Waals surface area contributed by atoms with Gasteiger partial charge in [0.2, 0.25) is 0 Å². The van der Waals surface area contributed by atoms with Crippen LogP contribution in [-0.4, -0.2) is 35.0 Å². The summed E-state index contributed by atoms with van der Waals surface area (Å²) in [6.45, 7) is 9.91. The number of carbonyl (C=O) groups is 1. The second-order valence-electron chi connectivity index (χ2n) is 6.85. The highest BCUT2D eigenvalue weighted by atomic mass is 16.6. The lowest BCUT2D eigenvalue weighted by molar-refractivity contribution is -0.0612. The fourth-order valence-corrected chi connectivity index (χ4v) is 2.55. The minimum atomic E-state index is -0.665. The molecule has 0 bridgehead atoms. The lowest BCUT2D eigenvalue weighted by Gasteiger charge is -2.35. The monoisotopic (exact) mass is 291 g/mol. The molecule has 2 aliphatic rings. The smallest absolute Gasteiger partial charge is 0.413 e. The summed E-state index contributed by atoms with van der Waals surface area (Å²) >= 11 is 0. The van der Waals surface area contributed by atoms with Crippen molar-refractivity contribution in [3.8, 4) is 0 Å². The van der Waals surface area contributed by atoms with Crippen LogP contribution in [0.4, 0.5) is 4.79 Å². The molecular formula is C17H25NO3. The third kappa shape index (κ3) is 3.76. The van der Waals surface area contributed by atoms with Gasteiger partial charge in [-0.2, -0.15) is 0 Å². The van der Waals surface area contributed by atoms with Gasteiger partial charge in [0, 0.05) is 0 Å². The summed E-state index contributed by atoms with van der Waals surface area (Å²) in [4.78, 5) is 14.3. The van der Waals surface area contributed by atoms with E-state index < -0.39 is 11.3 Å². The van der Waals surface area contributed by atoms with Gasteiger partial charge in [-0.25, -0.2) is 4.79 Å². The molecule has 0 aromatic heterocycles. The van der Waals surface area contributed by atoms with Crippen LogP contribution in [0.3, 0.4) is 0 Å². The van der Waals surface area contributed by atoms with Crippen LogP contribution in [0.5, 0.6) is 0 Å². The van der Waals surface area contributed by atoms with Gasteiger partial charge < -0.3 is 9.47 Å². The molecule has 21 heavy (non-hydrogen) atoms. The Kier molecular flexibility index (Phi) is 4.28. The van der Waals surface area contributed by atoms with Crippen LogP contribution < -0.4 is 0 Å². The molecule has 0 saturated carbocycles. The minimum Gasteiger partial charge on any atom is -0.444 e. The largest absolute Gasteiger partial charge is 0.444 e. The lowest BCUT2D eigenvalue weighted by atomic mass is 10.0. The van der Waals surface area contributed by atoms with Crippen molar-refractivity contribution in [1.29, 1.82) is 0 Å². The maximum Gasteiger partial charge on any atom is 0.413 e. The van der Waals surface area contributed by atoms with E-state index in [1.165, 1.54) is 0 Å². The average molecular weight is 291 g/mol. The summed E-state index contributed by atoms with van der Waals surface area (Å²) in [5, 5.41) is 0. The van der Waals surface area contributed by atoms with Crippen molar-refractivity contribution >= 4 is 6.09 Å². The minimum absolute atomic E-state index is 0.106. The van der Waals surface area contributed by atoms with Gasteiger partial charge in [0.05, 0.1) is 12.6 Å². The zero-order valence-corrected chi connectivity index (χ0v) is 13.6. The van der Waals surface area contributed by atoms with Gasteiger partial charge in [-0.15, -0.1) is 0 Å². The number of hydrogen-bond acceptors (Lipinski definition) is 3. The molecule has 1 unspecified atom stereocenters. The molecule has 116 valence electrons. The van der Waals surface area contributed by atoms with E-state index in [4.69, 9.17) is 9.47 Å². The number of allylic oxidation sites excluding steroid dienone is 4. The van der Waals surface area contributed by atoms with Crippen LogP contribution in [0.25, 0.3) is 0 Å². The van der Waals surface area contributed by atoms with Crippen LogP contribution in [0, 0.1) is 0 Å². The molecule has 1 fully saturated rings. The molecule has 1 aliphatic heterocycles. The Morgan fingerprint density at radius 1 is 1.38 bits per heavy atom. The van der Waals surface area contributed by atoms with Gasteiger partial charge in [0.1, 0.15) is 11.3 Å². The van der Waals surface area contributed by atoms with E-state index in [0.717, 1.165) is 12.0 Å². The molecule has 1 atom stereocenters. The van der Waals surface area contributed by atoms with E-state index in [2.05, 4.69) is 12.2 Å². The van der Waals surface area contributed by atoms with Crippen molar-refractivity contribution in [3.05, 3.63) is 36.0 Å². The molecule has 1 heterocycles. The van der Waals surface area contributed by atoms with Crippen molar-refractivity contribution in [1.82, 2.24) is 4.90 Å². The topological polar surface area (TPSA) is 38.8 Å². The SMILES string of the molecule is CC(C)(C)OC(=O)N1C(C2=CCC=CC=C2)COC1(C)C. The first kappa shape index (κ1) is 15.8. The first-order valence-electron chi connectivity index (χ1n) is 7.40. The van der Waals surface area contributed by atoms with Gasteiger partial charge >= 0.3 is 6.09 Å². The molecular weight excluding hydrogens is 266 g/mol. The summed E-state index contributed by atoms with van der Waals surface area (Å²) in [7, 11) is 0. The summed E-state index contributed by atoms with van der Waals surface area (Å²) in [5.74, 6) is 0. The average Bonchev–Trinajstić information content (AvgIpc) is 2.52. The summed E-state index contributed by atoms with van der Waals surface area (Å²) in [6.07, 6.45) is 10.8. The predicted molar refractivity (Wildman–Crippen MR) is 82.9 cm³/mol. The van der Waals surface area contributed by atoms with E-state index >= 15 is 0 Å². The quantitative estimate of drug-likeness (QED) is 0.737. The highest BCUT2D eigenvalue weighted by Gasteiger charge is 2.46. The molecule has 0 aromatic rings. The molecule has 0 spiro atoms. The Balaban J connectivity index is 2.25. The highest BCUT2D eigenvalue weighted by Crippen LogP contribution is 2.33. The van der Waals surface area contributed by atoms with E-state index in [1.807, 2.05) is 52.8 Å². The van der Waals surface area contributed by atoms with Gasteiger partial charge in [0.25, 0.3) is 0 Å². The van der Waals surface area contributed by atoms with Crippen molar-refractivity contribution in [2.24, 2.45) is 0 Å². The van der Waals surface area contributed by atoms with E-state index in [9.17, 15) is 4.79 Å². The molecule has 1 aliphatic carbocycles. The van der Waals surface area contributed by atoms with Crippen molar-refractivity contribution < 1.29 is 14.3 Å². The Labute approximate surface area is 127 Å². The van der Waals surface area contributed by atoms with Crippen molar-refractivity contribution in [3.63, 3.8) is 0 Å². The predicted octanol–water partition coefficient (Wildman–Crippen LogP) is 3.80. The number of ether oxygens (including phenoxy) is 2. The molecule has 2 rings (SSSR count). The first-order valence-corrected chi connectivity index (χ1v) is 7.40. The van der Waals surface area contributed by atoms with E-state index in [-0.39, 0.29) is 12.1 Å². The Morgan fingerprint density at radius 3 is 2.76 bits per heavy atom. The zero-order valence-electron chi connectivity index (χ0n) is 13.6. The first-order chi connectivity index (χ1) is 9.71. The summed E-state index contributed by atoms with van der Waals surface area (Å²) < 4.78 is 11.4. The van der Waals surface area contributed by atoms with Gasteiger partial charge in [-0.3, -0.25) is 4.90 Å². The number of amides is 1. The Hall–Kier alpha value is -1.55. The normalized spacial score (nSPS) is 24.7. The molecule has 0 radical (unpaired) electrons. The second-order valence-corrected chi connectivity index (χ2v) is 6.85. The van der Waals surface area contributed by atoms with Gasteiger partial charge in [0.15, 0.2) is 0 Å². The molecule has 4 heteroatoms. The maximum absolute atomic E-state index is 12.6. The van der Waals surface area contributed by atoms with E-state index in [0.29, 0.717) is 6.61 Å². The van der Waals surface area contributed by atoms with Crippen LogP contribution in [0.1, 0.15) is 41.0 Å². The Morgan fingerprint density at radius 2 is 2.10 bits per heavy atom. The van der Waals surface area contributed by atoms with Crippen molar-refractivity contribution in [2.45, 2.75) is 58.4 Å². The van der Waals surface area contributed by atoms with E-state index in [1.54, 1.807) is 4.90 Å². The van der Waals surface area contributed by atoms with Crippen LogP contribution in [0.2, 0.25) is 0 Å². The molecule has 1 saturated heterocycles. The summed E-state index contributed by atoms with van der Waals surface area (Å²) in [6, 6.07) is -0.106. The summed E-state index contributed by atoms with van der Waals surface area (Å²) in [5.41, 5.74) is -0.0897. The number of hydrogen-bond donors (Lipinski definition) is 0. The third-order valence-corrected chi connectivity index (χ3v) is 3.49. The zero-order chi connectivity index (χ0) is 15.7. The number of carbonyl (C=O) groups excluding carboxylic acids is 1. The highest BCUT2D eigenvalue weighted by molar-refractivity contribution is 5.70. The van der Waals surface area contributed by atoms with Crippen LogP contribution >= 0.6 is 0 Å². The number of nitrogens with zero attached hydrogens (tertiary/aromatic N) is 1. The van der Waals surface area contributed by atoms with Gasteiger partial charge in [-0.1, -0.05) is 30.4 Å². The molecule has 0 N–H and O–H groups in total. The molecule has 4 nitrogen and oxygen atoms in total. The van der Waals surface area contributed by atoms with Gasteiger partial charge in [-0.05, 0) is 46.6 Å². The Bertz CT molecular complexity index is 495. The van der Waals surface area contributed by atoms with Crippen molar-refractivity contribution in [2.75, 3.05) is 6.61 Å². The fraction of sp³-hybridized carbons (Fsp3) is 0.588. The second kappa shape index (κ2) is 5.68. The van der Waals surface area contributed by atoms with Crippen LogP contribution in [-0.2, 0) is 9.47 Å².